The third-order valence-corrected chi connectivity index (χ3v) is 9.83. The van der Waals surface area contributed by atoms with Gasteiger partial charge in [-0.05, 0) is 94.4 Å². The van der Waals surface area contributed by atoms with Crippen molar-refractivity contribution in [2.45, 2.75) is 0 Å². The summed E-state index contributed by atoms with van der Waals surface area (Å²) in [5, 5.41) is 4.99. The van der Waals surface area contributed by atoms with Crippen LogP contribution in [0.4, 0.5) is 0 Å². The lowest BCUT2D eigenvalue weighted by atomic mass is 9.75. The Bertz CT molecular complexity index is 2570. The van der Waals surface area contributed by atoms with E-state index in [-0.39, 0.29) is 0 Å². The topological polar surface area (TPSA) is 0 Å². The van der Waals surface area contributed by atoms with Gasteiger partial charge in [0.25, 0.3) is 0 Å². The van der Waals surface area contributed by atoms with Crippen LogP contribution < -0.4 is 0 Å². The predicted molar refractivity (Wildman–Crippen MR) is 214 cm³/mol. The summed E-state index contributed by atoms with van der Waals surface area (Å²) < 4.78 is 0. The summed E-state index contributed by atoms with van der Waals surface area (Å²) >= 11 is 0. The highest BCUT2D eigenvalue weighted by atomic mass is 14.3. The lowest BCUT2D eigenvalue weighted by molar-refractivity contribution is 1.57. The molecule has 0 heterocycles. The minimum absolute atomic E-state index is 1.19. The SMILES string of the molecule is c1ccc(-c2c(-c3ccccc3)c(-c3ccccc3)c3c(-c4ccccc4)c4c(-c5ccccc5)cccc4cc3c2-c2ccccc2)cc1. The summed E-state index contributed by atoms with van der Waals surface area (Å²) in [6, 6.07) is 75.0. The minimum Gasteiger partial charge on any atom is -0.0622 e. The van der Waals surface area contributed by atoms with Gasteiger partial charge in [0.05, 0.1) is 0 Å². The summed E-state index contributed by atoms with van der Waals surface area (Å²) in [4.78, 5) is 0. The molecule has 0 aliphatic rings. The van der Waals surface area contributed by atoms with Crippen LogP contribution in [0.3, 0.4) is 0 Å². The van der Waals surface area contributed by atoms with E-state index in [1.165, 1.54) is 88.3 Å². The molecule has 0 radical (unpaired) electrons. The van der Waals surface area contributed by atoms with Crippen LogP contribution in [0.1, 0.15) is 0 Å². The highest BCUT2D eigenvalue weighted by Crippen LogP contribution is 2.55. The summed E-state index contributed by atoms with van der Waals surface area (Å²) in [5.41, 5.74) is 14.7. The largest absolute Gasteiger partial charge is 0.0622 e. The highest BCUT2D eigenvalue weighted by Gasteiger charge is 2.27. The molecule has 0 saturated heterocycles. The van der Waals surface area contributed by atoms with E-state index < -0.39 is 0 Å². The standard InChI is InChI=1S/C50H34/c1-7-20-35(21-8-1)42-33-19-32-41-34-43-44(36-22-9-2-10-23-36)46(37-24-11-3-12-25-37)48(39-28-15-5-16-29-39)49(40-30-17-6-18-31-40)50(43)47(45(41)42)38-26-13-4-14-27-38/h1-34H. The molecule has 0 amide bonds. The van der Waals surface area contributed by atoms with Gasteiger partial charge in [-0.3, -0.25) is 0 Å². The van der Waals surface area contributed by atoms with Crippen LogP contribution in [-0.2, 0) is 0 Å². The Morgan fingerprint density at radius 3 is 1.04 bits per heavy atom. The molecule has 234 valence electrons. The average molecular weight is 635 g/mol. The molecule has 0 heteroatoms. The van der Waals surface area contributed by atoms with Crippen molar-refractivity contribution in [3.05, 3.63) is 206 Å². The van der Waals surface area contributed by atoms with Gasteiger partial charge in [0.15, 0.2) is 0 Å². The molecule has 0 aliphatic carbocycles. The second kappa shape index (κ2) is 12.8. The van der Waals surface area contributed by atoms with Gasteiger partial charge in [-0.2, -0.15) is 0 Å². The van der Waals surface area contributed by atoms with E-state index in [2.05, 4.69) is 206 Å². The molecular weight excluding hydrogens is 601 g/mol. The van der Waals surface area contributed by atoms with E-state index in [0.29, 0.717) is 0 Å². The maximum atomic E-state index is 2.46. The monoisotopic (exact) mass is 634 g/mol. The van der Waals surface area contributed by atoms with E-state index in [9.17, 15) is 0 Å². The van der Waals surface area contributed by atoms with Crippen molar-refractivity contribution < 1.29 is 0 Å². The molecule has 0 atom stereocenters. The molecule has 50 heavy (non-hydrogen) atoms. The van der Waals surface area contributed by atoms with E-state index in [0.717, 1.165) is 0 Å². The first-order valence-corrected chi connectivity index (χ1v) is 17.3. The number of fused-ring (bicyclic) bond motifs is 2. The normalized spacial score (nSPS) is 11.2. The molecule has 0 aliphatic heterocycles. The molecule has 9 rings (SSSR count). The zero-order valence-electron chi connectivity index (χ0n) is 27.6. The second-order valence-corrected chi connectivity index (χ2v) is 12.8. The zero-order chi connectivity index (χ0) is 33.3. The fraction of sp³-hybridized carbons (Fsp3) is 0. The predicted octanol–water partition coefficient (Wildman–Crippen LogP) is 14.0. The Morgan fingerprint density at radius 2 is 0.580 bits per heavy atom. The van der Waals surface area contributed by atoms with E-state index in [1.54, 1.807) is 0 Å². The maximum absolute atomic E-state index is 2.46. The van der Waals surface area contributed by atoms with Crippen molar-refractivity contribution >= 4 is 21.5 Å². The van der Waals surface area contributed by atoms with Crippen LogP contribution in [0.2, 0.25) is 0 Å². The quantitative estimate of drug-likeness (QED) is 0.160. The molecule has 9 aromatic carbocycles. The van der Waals surface area contributed by atoms with Crippen LogP contribution in [0, 0.1) is 0 Å². The Labute approximate surface area is 293 Å². The van der Waals surface area contributed by atoms with Crippen LogP contribution >= 0.6 is 0 Å². The van der Waals surface area contributed by atoms with Gasteiger partial charge in [-0.25, -0.2) is 0 Å². The van der Waals surface area contributed by atoms with Gasteiger partial charge in [0.1, 0.15) is 0 Å². The number of rotatable bonds is 6. The summed E-state index contributed by atoms with van der Waals surface area (Å²) in [5.74, 6) is 0. The fourth-order valence-corrected chi connectivity index (χ4v) is 7.76. The minimum atomic E-state index is 1.19. The highest BCUT2D eigenvalue weighted by molar-refractivity contribution is 6.28. The molecule has 0 N–H and O–H groups in total. The number of hydrogen-bond acceptors (Lipinski definition) is 0. The third kappa shape index (κ3) is 5.10. The lowest BCUT2D eigenvalue weighted by Crippen LogP contribution is -2.00. The van der Waals surface area contributed by atoms with Crippen molar-refractivity contribution in [2.75, 3.05) is 0 Å². The summed E-state index contributed by atoms with van der Waals surface area (Å²) in [7, 11) is 0. The Hall–Kier alpha value is -6.50. The smallest absolute Gasteiger partial charge is 0.000720 e. The molecule has 0 nitrogen and oxygen atoms in total. The van der Waals surface area contributed by atoms with Crippen LogP contribution in [-0.4, -0.2) is 0 Å². The van der Waals surface area contributed by atoms with E-state index >= 15 is 0 Å². The van der Waals surface area contributed by atoms with Crippen molar-refractivity contribution in [3.63, 3.8) is 0 Å². The molecule has 0 spiro atoms. The second-order valence-electron chi connectivity index (χ2n) is 12.8. The van der Waals surface area contributed by atoms with Crippen molar-refractivity contribution in [2.24, 2.45) is 0 Å². The van der Waals surface area contributed by atoms with E-state index in [1.807, 2.05) is 0 Å². The molecule has 0 saturated carbocycles. The van der Waals surface area contributed by atoms with Gasteiger partial charge in [0, 0.05) is 0 Å². The fourth-order valence-electron chi connectivity index (χ4n) is 7.76. The maximum Gasteiger partial charge on any atom is -0.000720 e. The van der Waals surface area contributed by atoms with Gasteiger partial charge < -0.3 is 0 Å². The molecule has 0 aromatic heterocycles. The Balaban J connectivity index is 1.64. The Kier molecular flexibility index (Phi) is 7.61. The molecule has 9 aromatic rings. The van der Waals surface area contributed by atoms with Crippen molar-refractivity contribution in [3.8, 4) is 66.8 Å². The van der Waals surface area contributed by atoms with Gasteiger partial charge in [-0.15, -0.1) is 0 Å². The molecule has 0 fully saturated rings. The average Bonchev–Trinajstić information content (AvgIpc) is 3.21. The molecule has 0 unspecified atom stereocenters. The van der Waals surface area contributed by atoms with Gasteiger partial charge in [0.2, 0.25) is 0 Å². The van der Waals surface area contributed by atoms with Crippen LogP contribution in [0.5, 0.6) is 0 Å². The van der Waals surface area contributed by atoms with Crippen LogP contribution in [0.25, 0.3) is 88.3 Å². The van der Waals surface area contributed by atoms with Crippen molar-refractivity contribution in [1.29, 1.82) is 0 Å². The molecular formula is C50H34. The first kappa shape index (κ1) is 29.6. The summed E-state index contributed by atoms with van der Waals surface area (Å²) in [6.45, 7) is 0. The number of hydrogen-bond donors (Lipinski definition) is 0. The third-order valence-electron chi connectivity index (χ3n) is 9.83. The number of benzene rings is 9. The molecule has 0 bridgehead atoms. The van der Waals surface area contributed by atoms with E-state index in [4.69, 9.17) is 0 Å². The van der Waals surface area contributed by atoms with Gasteiger partial charge >= 0.3 is 0 Å². The van der Waals surface area contributed by atoms with Gasteiger partial charge in [-0.1, -0.05) is 200 Å². The lowest BCUT2D eigenvalue weighted by Gasteiger charge is -2.27. The van der Waals surface area contributed by atoms with Crippen LogP contribution in [0.15, 0.2) is 206 Å². The Morgan fingerprint density at radius 1 is 0.220 bits per heavy atom. The van der Waals surface area contributed by atoms with Crippen molar-refractivity contribution in [1.82, 2.24) is 0 Å². The first-order chi connectivity index (χ1) is 24.9. The zero-order valence-corrected chi connectivity index (χ0v) is 27.6. The first-order valence-electron chi connectivity index (χ1n) is 17.3. The summed E-state index contributed by atoms with van der Waals surface area (Å²) in [6.07, 6.45) is 0.